The molecule has 2 aromatic carbocycles. The summed E-state index contributed by atoms with van der Waals surface area (Å²) in [5, 5.41) is 0. The van der Waals surface area contributed by atoms with Crippen LogP contribution in [0.1, 0.15) is 62.8 Å². The van der Waals surface area contributed by atoms with Gasteiger partial charge in [-0.2, -0.15) is 0 Å². The number of benzene rings is 2. The smallest absolute Gasteiger partial charge is 0.232 e. The van der Waals surface area contributed by atoms with Crippen molar-refractivity contribution in [3.8, 4) is 17.0 Å². The Morgan fingerprint density at radius 2 is 1.59 bits per heavy atom. The average Bonchev–Trinajstić information content (AvgIpc) is 2.98. The number of carbonyl (C=O) groups is 1. The maximum absolute atomic E-state index is 14.4. The fourth-order valence-electron chi connectivity index (χ4n) is 4.79. The lowest BCUT2D eigenvalue weighted by Crippen LogP contribution is -2.31. The molecule has 1 saturated carbocycles. The molecule has 1 aliphatic rings. The molecule has 1 aromatic heterocycles. The second-order valence-electron chi connectivity index (χ2n) is 9.45. The summed E-state index contributed by atoms with van der Waals surface area (Å²) in [6.45, 7) is 5.11. The number of likely N-dealkylation sites (N-methyl/N-ethyl adjacent to an activating group) is 1. The van der Waals surface area contributed by atoms with Crippen LogP contribution in [0.3, 0.4) is 0 Å². The zero-order valence-electron chi connectivity index (χ0n) is 23.1. The molecular weight excluding hydrogens is 510 g/mol. The Kier molecular flexibility index (Phi) is 10.4. The Morgan fingerprint density at radius 3 is 2.21 bits per heavy atom. The van der Waals surface area contributed by atoms with E-state index in [0.29, 0.717) is 35.3 Å². The van der Waals surface area contributed by atoms with Crippen LogP contribution < -0.4 is 9.64 Å². The lowest BCUT2D eigenvalue weighted by molar-refractivity contribution is -0.117. The third kappa shape index (κ3) is 6.75. The minimum absolute atomic E-state index is 0.300. The molecule has 0 atom stereocenters. The van der Waals surface area contributed by atoms with Crippen molar-refractivity contribution < 1.29 is 27.1 Å². The van der Waals surface area contributed by atoms with Gasteiger partial charge in [0.2, 0.25) is 5.91 Å². The fraction of sp³-hybridized carbons (Fsp3) is 0.433. The van der Waals surface area contributed by atoms with Crippen molar-refractivity contribution in [2.24, 2.45) is 5.92 Å². The van der Waals surface area contributed by atoms with E-state index >= 15 is 0 Å². The van der Waals surface area contributed by atoms with Crippen molar-refractivity contribution in [3.63, 3.8) is 0 Å². The number of halogens is 4. The quantitative estimate of drug-likeness (QED) is 0.177. The van der Waals surface area contributed by atoms with Gasteiger partial charge in [-0.25, -0.2) is 27.5 Å². The molecule has 0 unspecified atom stereocenters. The van der Waals surface area contributed by atoms with E-state index < -0.39 is 46.7 Å². The fourth-order valence-corrected chi connectivity index (χ4v) is 4.79. The first-order valence-electron chi connectivity index (χ1n) is 13.3. The molecule has 0 spiro atoms. The molecule has 1 amide bonds. The van der Waals surface area contributed by atoms with Crippen LogP contribution in [0.25, 0.3) is 11.3 Å². The highest BCUT2D eigenvalue weighted by molar-refractivity contribution is 5.94. The molecule has 39 heavy (non-hydrogen) atoms. The molecule has 1 fully saturated rings. The van der Waals surface area contributed by atoms with Crippen molar-refractivity contribution in [1.29, 1.82) is 0 Å². The lowest BCUT2D eigenvalue weighted by atomic mass is 9.86. The summed E-state index contributed by atoms with van der Waals surface area (Å²) in [6, 6.07) is 7.37. The van der Waals surface area contributed by atoms with Crippen LogP contribution in [0.2, 0.25) is 0 Å². The molecule has 1 heterocycles. The van der Waals surface area contributed by atoms with Crippen molar-refractivity contribution in [3.05, 3.63) is 70.6 Å². The third-order valence-corrected chi connectivity index (χ3v) is 7.06. The predicted octanol–water partition coefficient (Wildman–Crippen LogP) is 7.37. The SMILES string of the molecule is CC.COc1ccc(-c2cnc(N(C)C(=O)Cc3c(C)c(F)c(F)c(F)c3F)c(CC3CCCCC3)n2)cc1. The van der Waals surface area contributed by atoms with E-state index in [1.807, 2.05) is 38.1 Å². The number of methoxy groups -OCH3 is 1. The number of amides is 1. The number of hydrogen-bond acceptors (Lipinski definition) is 4. The lowest BCUT2D eigenvalue weighted by Gasteiger charge is -2.25. The van der Waals surface area contributed by atoms with Gasteiger partial charge < -0.3 is 4.74 Å². The van der Waals surface area contributed by atoms with Gasteiger partial charge in [-0.3, -0.25) is 9.69 Å². The highest BCUT2D eigenvalue weighted by Crippen LogP contribution is 2.31. The molecule has 0 aliphatic heterocycles. The molecule has 210 valence electrons. The molecule has 0 bridgehead atoms. The summed E-state index contributed by atoms with van der Waals surface area (Å²) in [5.74, 6) is -6.16. The van der Waals surface area contributed by atoms with Crippen LogP contribution in [0.15, 0.2) is 30.5 Å². The molecule has 9 heteroatoms. The normalized spacial score (nSPS) is 13.5. The van der Waals surface area contributed by atoms with E-state index in [1.54, 1.807) is 13.3 Å². The van der Waals surface area contributed by atoms with E-state index in [4.69, 9.17) is 9.72 Å². The standard InChI is InChI=1S/C28H29F4N3O2.C2H6/c1-16-20(25(30)27(32)26(31)24(16)29)14-23(36)35(2)28-21(13-17-7-5-4-6-8-17)34-22(15-33-28)18-9-11-19(37-3)12-10-18;1-2/h9-12,15,17H,4-8,13-14H2,1-3H3;1-2H3. The molecule has 4 rings (SSSR count). The molecule has 0 N–H and O–H groups in total. The zero-order chi connectivity index (χ0) is 28.7. The first-order chi connectivity index (χ1) is 18.7. The summed E-state index contributed by atoms with van der Waals surface area (Å²) in [7, 11) is 3.05. The van der Waals surface area contributed by atoms with Gasteiger partial charge in [0, 0.05) is 18.2 Å². The maximum Gasteiger partial charge on any atom is 0.232 e. The van der Waals surface area contributed by atoms with Crippen LogP contribution in [-0.4, -0.2) is 30.0 Å². The van der Waals surface area contributed by atoms with Crippen LogP contribution in [0, 0.1) is 36.1 Å². The number of aromatic nitrogens is 2. The van der Waals surface area contributed by atoms with Crippen LogP contribution in [-0.2, 0) is 17.6 Å². The van der Waals surface area contributed by atoms with Gasteiger partial charge >= 0.3 is 0 Å². The average molecular weight is 546 g/mol. The van der Waals surface area contributed by atoms with E-state index in [2.05, 4.69) is 4.98 Å². The number of ether oxygens (including phenoxy) is 1. The molecule has 3 aromatic rings. The van der Waals surface area contributed by atoms with Gasteiger partial charge in [-0.15, -0.1) is 0 Å². The Bertz CT molecular complexity index is 1260. The third-order valence-electron chi connectivity index (χ3n) is 7.06. The van der Waals surface area contributed by atoms with Crippen molar-refractivity contribution in [1.82, 2.24) is 9.97 Å². The van der Waals surface area contributed by atoms with Crippen LogP contribution >= 0.6 is 0 Å². The minimum atomic E-state index is -1.94. The van der Waals surface area contributed by atoms with E-state index in [9.17, 15) is 22.4 Å². The minimum Gasteiger partial charge on any atom is -0.497 e. The summed E-state index contributed by atoms with van der Waals surface area (Å²) < 4.78 is 61.1. The Balaban J connectivity index is 0.00000205. The van der Waals surface area contributed by atoms with Gasteiger partial charge in [-0.05, 0) is 49.1 Å². The van der Waals surface area contributed by atoms with Crippen molar-refractivity contribution >= 4 is 11.7 Å². The molecular formula is C30H35F4N3O2. The monoisotopic (exact) mass is 545 g/mol. The predicted molar refractivity (Wildman–Crippen MR) is 144 cm³/mol. The highest BCUT2D eigenvalue weighted by atomic mass is 19.2. The molecule has 0 radical (unpaired) electrons. The zero-order valence-corrected chi connectivity index (χ0v) is 23.1. The van der Waals surface area contributed by atoms with Gasteiger partial charge in [0.05, 0.1) is 31.1 Å². The Morgan fingerprint density at radius 1 is 0.974 bits per heavy atom. The summed E-state index contributed by atoms with van der Waals surface area (Å²) in [5.41, 5.74) is 1.10. The second kappa shape index (κ2) is 13.5. The highest BCUT2D eigenvalue weighted by Gasteiger charge is 2.27. The summed E-state index contributed by atoms with van der Waals surface area (Å²) >= 11 is 0. The first-order valence-corrected chi connectivity index (χ1v) is 13.3. The number of carbonyl (C=O) groups excluding carboxylic acids is 1. The van der Waals surface area contributed by atoms with Gasteiger partial charge in [-0.1, -0.05) is 46.0 Å². The van der Waals surface area contributed by atoms with Crippen LogP contribution in [0.5, 0.6) is 5.75 Å². The number of rotatable bonds is 7. The number of anilines is 1. The van der Waals surface area contributed by atoms with E-state index in [1.165, 1.54) is 18.4 Å². The molecule has 5 nitrogen and oxygen atoms in total. The number of hydrogen-bond donors (Lipinski definition) is 0. The van der Waals surface area contributed by atoms with Crippen molar-refractivity contribution in [2.45, 2.75) is 65.7 Å². The van der Waals surface area contributed by atoms with Gasteiger partial charge in [0.1, 0.15) is 5.75 Å². The summed E-state index contributed by atoms with van der Waals surface area (Å²) in [6.07, 6.45) is 7.03. The number of nitrogens with zero attached hydrogens (tertiary/aromatic N) is 3. The van der Waals surface area contributed by atoms with Gasteiger partial charge in [0.15, 0.2) is 29.1 Å². The molecule has 0 saturated heterocycles. The van der Waals surface area contributed by atoms with E-state index in [0.717, 1.165) is 38.2 Å². The maximum atomic E-state index is 14.4. The summed E-state index contributed by atoms with van der Waals surface area (Å²) in [4.78, 5) is 23.7. The molecule has 1 aliphatic carbocycles. The first kappa shape index (κ1) is 30.1. The van der Waals surface area contributed by atoms with Gasteiger partial charge in [0.25, 0.3) is 0 Å². The van der Waals surface area contributed by atoms with E-state index in [-0.39, 0.29) is 0 Å². The topological polar surface area (TPSA) is 55.3 Å². The second-order valence-corrected chi connectivity index (χ2v) is 9.45. The van der Waals surface area contributed by atoms with Crippen molar-refractivity contribution in [2.75, 3.05) is 19.1 Å². The Labute approximate surface area is 227 Å². The largest absolute Gasteiger partial charge is 0.497 e. The Hall–Kier alpha value is -3.49. The van der Waals surface area contributed by atoms with Crippen LogP contribution in [0.4, 0.5) is 23.4 Å².